The SMILES string of the molecule is CCN(CC(=O)N(C)C)c1cc(N)cc([N+](=O)[O-])c1. The molecule has 1 rings (SSSR count). The molecule has 1 aromatic rings. The first-order chi connectivity index (χ1) is 8.85. The van der Waals surface area contributed by atoms with E-state index in [0.29, 0.717) is 17.9 Å². The number of carbonyl (C=O) groups excluding carboxylic acids is 1. The highest BCUT2D eigenvalue weighted by atomic mass is 16.6. The molecular formula is C12H18N4O3. The molecule has 0 fully saturated rings. The average molecular weight is 266 g/mol. The van der Waals surface area contributed by atoms with Gasteiger partial charge in [-0.3, -0.25) is 14.9 Å². The van der Waals surface area contributed by atoms with Crippen LogP contribution in [-0.2, 0) is 4.79 Å². The van der Waals surface area contributed by atoms with Gasteiger partial charge in [0.1, 0.15) is 0 Å². The highest BCUT2D eigenvalue weighted by Crippen LogP contribution is 2.25. The molecule has 1 amide bonds. The molecule has 0 bridgehead atoms. The molecule has 1 aromatic carbocycles. The van der Waals surface area contributed by atoms with Crippen molar-refractivity contribution in [2.45, 2.75) is 6.92 Å². The Balaban J connectivity index is 3.04. The number of amides is 1. The van der Waals surface area contributed by atoms with Crippen molar-refractivity contribution in [3.8, 4) is 0 Å². The Hall–Kier alpha value is -2.31. The van der Waals surface area contributed by atoms with E-state index in [9.17, 15) is 14.9 Å². The van der Waals surface area contributed by atoms with E-state index >= 15 is 0 Å². The fraction of sp³-hybridized carbons (Fsp3) is 0.417. The molecule has 0 aliphatic rings. The van der Waals surface area contributed by atoms with Crippen LogP contribution < -0.4 is 10.6 Å². The van der Waals surface area contributed by atoms with Crippen molar-refractivity contribution in [3.63, 3.8) is 0 Å². The normalized spacial score (nSPS) is 10.1. The molecule has 7 nitrogen and oxygen atoms in total. The van der Waals surface area contributed by atoms with Crippen molar-refractivity contribution in [3.05, 3.63) is 28.3 Å². The number of hydrogen-bond acceptors (Lipinski definition) is 5. The second-order valence-electron chi connectivity index (χ2n) is 4.34. The minimum absolute atomic E-state index is 0.0769. The molecule has 0 heterocycles. The van der Waals surface area contributed by atoms with Crippen LogP contribution in [-0.4, -0.2) is 42.9 Å². The number of hydrogen-bond donors (Lipinski definition) is 1. The van der Waals surface area contributed by atoms with E-state index in [-0.39, 0.29) is 18.1 Å². The summed E-state index contributed by atoms with van der Waals surface area (Å²) in [6, 6.07) is 4.34. The van der Waals surface area contributed by atoms with Gasteiger partial charge in [-0.05, 0) is 13.0 Å². The Bertz CT molecular complexity index is 488. The van der Waals surface area contributed by atoms with Crippen LogP contribution >= 0.6 is 0 Å². The number of nitrogen functional groups attached to an aromatic ring is 1. The van der Waals surface area contributed by atoms with E-state index in [1.54, 1.807) is 25.1 Å². The minimum Gasteiger partial charge on any atom is -0.398 e. The molecule has 0 unspecified atom stereocenters. The number of nitro benzene ring substituents is 1. The van der Waals surface area contributed by atoms with E-state index in [2.05, 4.69) is 0 Å². The summed E-state index contributed by atoms with van der Waals surface area (Å²) in [6.45, 7) is 2.59. The van der Waals surface area contributed by atoms with Gasteiger partial charge in [0.15, 0.2) is 0 Å². The summed E-state index contributed by atoms with van der Waals surface area (Å²) in [5.74, 6) is -0.0769. The summed E-state index contributed by atoms with van der Waals surface area (Å²) in [7, 11) is 3.33. The maximum absolute atomic E-state index is 11.7. The first-order valence-electron chi connectivity index (χ1n) is 5.85. The maximum atomic E-state index is 11.7. The summed E-state index contributed by atoms with van der Waals surface area (Å²) in [4.78, 5) is 25.2. The lowest BCUT2D eigenvalue weighted by molar-refractivity contribution is -0.384. The standard InChI is InChI=1S/C12H18N4O3/c1-4-15(8-12(17)14(2)3)10-5-9(13)6-11(7-10)16(18)19/h5-7H,4,8,13H2,1-3H3. The second-order valence-corrected chi connectivity index (χ2v) is 4.34. The summed E-state index contributed by atoms with van der Waals surface area (Å²) in [5, 5.41) is 10.8. The number of carbonyl (C=O) groups is 1. The molecule has 0 saturated carbocycles. The van der Waals surface area contributed by atoms with Crippen LogP contribution in [0.2, 0.25) is 0 Å². The number of nitrogens with zero attached hydrogens (tertiary/aromatic N) is 3. The number of likely N-dealkylation sites (N-methyl/N-ethyl adjacent to an activating group) is 2. The van der Waals surface area contributed by atoms with Crippen LogP contribution in [0, 0.1) is 10.1 Å². The van der Waals surface area contributed by atoms with Crippen molar-refractivity contribution in [1.82, 2.24) is 4.90 Å². The smallest absolute Gasteiger partial charge is 0.273 e. The van der Waals surface area contributed by atoms with Gasteiger partial charge in [-0.25, -0.2) is 0 Å². The predicted molar refractivity (Wildman–Crippen MR) is 74.1 cm³/mol. The van der Waals surface area contributed by atoms with Crippen molar-refractivity contribution in [2.24, 2.45) is 0 Å². The molecule has 2 N–H and O–H groups in total. The molecule has 0 aliphatic heterocycles. The number of rotatable bonds is 5. The number of nitrogens with two attached hydrogens (primary N) is 1. The lowest BCUT2D eigenvalue weighted by atomic mass is 10.2. The van der Waals surface area contributed by atoms with Gasteiger partial charge in [0.2, 0.25) is 5.91 Å². The zero-order valence-corrected chi connectivity index (χ0v) is 11.3. The second kappa shape index (κ2) is 6.03. The van der Waals surface area contributed by atoms with Crippen molar-refractivity contribution in [1.29, 1.82) is 0 Å². The summed E-state index contributed by atoms with van der Waals surface area (Å²) in [5.41, 5.74) is 6.45. The molecule has 0 spiro atoms. The molecule has 19 heavy (non-hydrogen) atoms. The largest absolute Gasteiger partial charge is 0.398 e. The molecule has 104 valence electrons. The first-order valence-corrected chi connectivity index (χ1v) is 5.85. The highest BCUT2D eigenvalue weighted by molar-refractivity contribution is 5.81. The molecule has 0 atom stereocenters. The third-order valence-corrected chi connectivity index (χ3v) is 2.71. The van der Waals surface area contributed by atoms with Crippen molar-refractivity contribution in [2.75, 3.05) is 37.8 Å². The zero-order valence-electron chi connectivity index (χ0n) is 11.3. The van der Waals surface area contributed by atoms with E-state index in [1.807, 2.05) is 6.92 Å². The van der Waals surface area contributed by atoms with Gasteiger partial charge < -0.3 is 15.5 Å². The van der Waals surface area contributed by atoms with Crippen molar-refractivity contribution >= 4 is 23.0 Å². The Kier molecular flexibility index (Phi) is 4.68. The lowest BCUT2D eigenvalue weighted by Crippen LogP contribution is -2.36. The van der Waals surface area contributed by atoms with E-state index in [1.165, 1.54) is 17.0 Å². The third kappa shape index (κ3) is 3.84. The number of anilines is 2. The maximum Gasteiger partial charge on any atom is 0.273 e. The topological polar surface area (TPSA) is 92.7 Å². The van der Waals surface area contributed by atoms with Gasteiger partial charge in [-0.1, -0.05) is 0 Å². The molecular weight excluding hydrogens is 248 g/mol. The van der Waals surface area contributed by atoms with Crippen LogP contribution in [0.3, 0.4) is 0 Å². The number of benzene rings is 1. The zero-order chi connectivity index (χ0) is 14.6. The van der Waals surface area contributed by atoms with Crippen LogP contribution in [0.4, 0.5) is 17.1 Å². The third-order valence-electron chi connectivity index (χ3n) is 2.71. The van der Waals surface area contributed by atoms with E-state index in [0.717, 1.165) is 0 Å². The van der Waals surface area contributed by atoms with E-state index < -0.39 is 4.92 Å². The Morgan fingerprint density at radius 3 is 2.47 bits per heavy atom. The number of non-ortho nitro benzene ring substituents is 1. The van der Waals surface area contributed by atoms with Gasteiger partial charge >= 0.3 is 0 Å². The first kappa shape index (κ1) is 14.7. The van der Waals surface area contributed by atoms with Gasteiger partial charge in [0, 0.05) is 44.1 Å². The van der Waals surface area contributed by atoms with Crippen LogP contribution in [0.5, 0.6) is 0 Å². The van der Waals surface area contributed by atoms with Gasteiger partial charge in [0.05, 0.1) is 11.5 Å². The lowest BCUT2D eigenvalue weighted by Gasteiger charge is -2.24. The fourth-order valence-corrected chi connectivity index (χ4v) is 1.60. The minimum atomic E-state index is -0.499. The Labute approximate surface area is 111 Å². The summed E-state index contributed by atoms with van der Waals surface area (Å²) >= 11 is 0. The molecule has 0 saturated heterocycles. The molecule has 0 aromatic heterocycles. The molecule has 0 aliphatic carbocycles. The fourth-order valence-electron chi connectivity index (χ4n) is 1.60. The average Bonchev–Trinajstić information content (AvgIpc) is 2.34. The predicted octanol–water partition coefficient (Wildman–Crippen LogP) is 1.09. The van der Waals surface area contributed by atoms with Crippen molar-refractivity contribution < 1.29 is 9.72 Å². The van der Waals surface area contributed by atoms with E-state index in [4.69, 9.17) is 5.73 Å². The van der Waals surface area contributed by atoms with Crippen LogP contribution in [0.1, 0.15) is 6.92 Å². The monoisotopic (exact) mass is 266 g/mol. The van der Waals surface area contributed by atoms with Gasteiger partial charge in [-0.2, -0.15) is 0 Å². The van der Waals surface area contributed by atoms with Crippen LogP contribution in [0.15, 0.2) is 18.2 Å². The summed E-state index contributed by atoms with van der Waals surface area (Å²) < 4.78 is 0. The Morgan fingerprint density at radius 1 is 1.37 bits per heavy atom. The quantitative estimate of drug-likeness (QED) is 0.489. The molecule has 0 radical (unpaired) electrons. The van der Waals surface area contributed by atoms with Gasteiger partial charge in [-0.15, -0.1) is 0 Å². The van der Waals surface area contributed by atoms with Crippen LogP contribution in [0.25, 0.3) is 0 Å². The highest BCUT2D eigenvalue weighted by Gasteiger charge is 2.15. The summed E-state index contributed by atoms with van der Waals surface area (Å²) in [6.07, 6.45) is 0. The Morgan fingerprint density at radius 2 is 2.00 bits per heavy atom. The number of nitro groups is 1. The molecule has 7 heteroatoms. The van der Waals surface area contributed by atoms with Gasteiger partial charge in [0.25, 0.3) is 5.69 Å².